The molecule has 70 valence electrons. The molecule has 0 spiro atoms. The maximum Gasteiger partial charge on any atom is 0.316 e. The van der Waals surface area contributed by atoms with Gasteiger partial charge in [-0.15, -0.1) is 0 Å². The summed E-state index contributed by atoms with van der Waals surface area (Å²) in [4.78, 5) is 12.5. The number of nitrogens with zero attached hydrogens (tertiary/aromatic N) is 1. The molecule has 0 N–H and O–H groups in total. The van der Waals surface area contributed by atoms with Gasteiger partial charge in [0.05, 0.1) is 0 Å². The Kier molecular flexibility index (Phi) is 3.29. The van der Waals surface area contributed by atoms with Crippen LogP contribution in [0.4, 0.5) is 4.79 Å². The van der Waals surface area contributed by atoms with Crippen LogP contribution in [0.2, 0.25) is 0 Å². The first-order chi connectivity index (χ1) is 5.51. The fraction of sp³-hybridized carbons (Fsp3) is 0.875. The van der Waals surface area contributed by atoms with Crippen molar-refractivity contribution in [1.29, 1.82) is 0 Å². The van der Waals surface area contributed by atoms with Gasteiger partial charge in [0, 0.05) is 17.8 Å². The van der Waals surface area contributed by atoms with Gasteiger partial charge in [-0.3, -0.25) is 4.79 Å². The van der Waals surface area contributed by atoms with E-state index in [1.807, 2.05) is 0 Å². The van der Waals surface area contributed by atoms with E-state index in [-0.39, 0.29) is 10.1 Å². The first-order valence-electron chi connectivity index (χ1n) is 4.18. The van der Waals surface area contributed by atoms with Gasteiger partial charge >= 0.3 is 5.37 Å². The first-order valence-corrected chi connectivity index (χ1v) is 5.01. The standard InChI is InChI=1S/C8H14ClNOS/c1-8(12)3-2-5-10(6-4-8)7(9)11/h12H,2-6H2,1H3. The van der Waals surface area contributed by atoms with E-state index in [4.69, 9.17) is 11.6 Å². The number of hydrogen-bond acceptors (Lipinski definition) is 2. The highest BCUT2D eigenvalue weighted by molar-refractivity contribution is 7.81. The van der Waals surface area contributed by atoms with E-state index >= 15 is 0 Å². The monoisotopic (exact) mass is 207 g/mol. The number of likely N-dealkylation sites (tertiary alicyclic amines) is 1. The number of halogens is 1. The Hall–Kier alpha value is 0.110. The minimum Gasteiger partial charge on any atom is -0.329 e. The molecule has 1 atom stereocenters. The predicted molar refractivity (Wildman–Crippen MR) is 54.1 cm³/mol. The molecule has 1 aliphatic rings. The molecule has 1 aliphatic heterocycles. The van der Waals surface area contributed by atoms with Gasteiger partial charge < -0.3 is 4.90 Å². The fourth-order valence-electron chi connectivity index (χ4n) is 1.44. The average molecular weight is 208 g/mol. The summed E-state index contributed by atoms with van der Waals surface area (Å²) in [5, 5.41) is -0.332. The Labute approximate surface area is 83.7 Å². The normalized spacial score (nSPS) is 31.4. The lowest BCUT2D eigenvalue weighted by molar-refractivity contribution is 0.223. The third kappa shape index (κ3) is 2.87. The van der Waals surface area contributed by atoms with Crippen molar-refractivity contribution < 1.29 is 4.79 Å². The molecule has 1 amide bonds. The number of amides is 1. The third-order valence-corrected chi connectivity index (χ3v) is 3.00. The van der Waals surface area contributed by atoms with E-state index in [9.17, 15) is 4.79 Å². The summed E-state index contributed by atoms with van der Waals surface area (Å²) >= 11 is 9.90. The molecule has 12 heavy (non-hydrogen) atoms. The van der Waals surface area contributed by atoms with Crippen molar-refractivity contribution in [2.24, 2.45) is 0 Å². The van der Waals surface area contributed by atoms with E-state index < -0.39 is 0 Å². The molecule has 1 fully saturated rings. The van der Waals surface area contributed by atoms with E-state index in [1.165, 1.54) is 0 Å². The number of carbonyl (C=O) groups excluding carboxylic acids is 1. The summed E-state index contributed by atoms with van der Waals surface area (Å²) < 4.78 is 0.0705. The molecule has 1 unspecified atom stereocenters. The Morgan fingerprint density at radius 3 is 2.75 bits per heavy atom. The van der Waals surface area contributed by atoms with Crippen LogP contribution in [-0.2, 0) is 0 Å². The maximum atomic E-state index is 10.8. The Morgan fingerprint density at radius 2 is 2.17 bits per heavy atom. The second-order valence-corrected chi connectivity index (χ2v) is 4.99. The second-order valence-electron chi connectivity index (χ2n) is 3.59. The van der Waals surface area contributed by atoms with Crippen LogP contribution in [0, 0.1) is 0 Å². The van der Waals surface area contributed by atoms with Crippen LogP contribution in [-0.4, -0.2) is 28.1 Å². The molecule has 0 aromatic carbocycles. The molecule has 4 heteroatoms. The lowest BCUT2D eigenvalue weighted by atomic mass is 10.0. The molecule has 2 nitrogen and oxygen atoms in total. The zero-order valence-corrected chi connectivity index (χ0v) is 8.87. The van der Waals surface area contributed by atoms with Gasteiger partial charge in [-0.1, -0.05) is 6.92 Å². The minimum absolute atomic E-state index is 0.0705. The molecule has 0 aliphatic carbocycles. The van der Waals surface area contributed by atoms with Gasteiger partial charge in [0.25, 0.3) is 0 Å². The lowest BCUT2D eigenvalue weighted by Crippen LogP contribution is -2.28. The second kappa shape index (κ2) is 3.88. The van der Waals surface area contributed by atoms with Gasteiger partial charge in [0.15, 0.2) is 0 Å². The highest BCUT2D eigenvalue weighted by Gasteiger charge is 2.25. The van der Waals surface area contributed by atoms with Crippen LogP contribution in [0.25, 0.3) is 0 Å². The topological polar surface area (TPSA) is 20.3 Å². The van der Waals surface area contributed by atoms with Gasteiger partial charge in [0.2, 0.25) is 0 Å². The van der Waals surface area contributed by atoms with Crippen LogP contribution in [0.3, 0.4) is 0 Å². The molecule has 0 aromatic rings. The number of rotatable bonds is 0. The number of carbonyl (C=O) groups is 1. The molecule has 1 saturated heterocycles. The lowest BCUT2D eigenvalue weighted by Gasteiger charge is -2.21. The molecule has 1 rings (SSSR count). The van der Waals surface area contributed by atoms with Crippen LogP contribution < -0.4 is 0 Å². The van der Waals surface area contributed by atoms with E-state index in [1.54, 1.807) is 4.90 Å². The van der Waals surface area contributed by atoms with Crippen molar-refractivity contribution in [3.8, 4) is 0 Å². The summed E-state index contributed by atoms with van der Waals surface area (Å²) in [5.74, 6) is 0. The summed E-state index contributed by atoms with van der Waals surface area (Å²) in [6.07, 6.45) is 2.98. The molecular weight excluding hydrogens is 194 g/mol. The summed E-state index contributed by atoms with van der Waals surface area (Å²) in [5.41, 5.74) is 0. The van der Waals surface area contributed by atoms with E-state index in [0.29, 0.717) is 0 Å². The Morgan fingerprint density at radius 1 is 1.50 bits per heavy atom. The molecule has 1 heterocycles. The van der Waals surface area contributed by atoms with Crippen molar-refractivity contribution in [1.82, 2.24) is 4.90 Å². The fourth-order valence-corrected chi connectivity index (χ4v) is 1.87. The SMILES string of the molecule is CC1(S)CCCN(C(=O)Cl)CC1. The van der Waals surface area contributed by atoms with Crippen molar-refractivity contribution >= 4 is 29.6 Å². The van der Waals surface area contributed by atoms with E-state index in [0.717, 1.165) is 32.4 Å². The summed E-state index contributed by atoms with van der Waals surface area (Å²) in [6, 6.07) is 0. The van der Waals surface area contributed by atoms with E-state index in [2.05, 4.69) is 19.6 Å². The zero-order chi connectivity index (χ0) is 9.19. The van der Waals surface area contributed by atoms with Crippen LogP contribution in [0.15, 0.2) is 0 Å². The van der Waals surface area contributed by atoms with Gasteiger partial charge in [-0.05, 0) is 30.9 Å². The van der Waals surface area contributed by atoms with Crippen LogP contribution in [0.5, 0.6) is 0 Å². The number of thiol groups is 1. The summed E-state index contributed by atoms with van der Waals surface area (Å²) in [6.45, 7) is 3.62. The van der Waals surface area contributed by atoms with Crippen LogP contribution >= 0.6 is 24.2 Å². The molecule has 0 aromatic heterocycles. The van der Waals surface area contributed by atoms with Gasteiger partial charge in [-0.2, -0.15) is 12.6 Å². The van der Waals surface area contributed by atoms with Gasteiger partial charge in [-0.25, -0.2) is 0 Å². The van der Waals surface area contributed by atoms with Crippen molar-refractivity contribution in [2.75, 3.05) is 13.1 Å². The largest absolute Gasteiger partial charge is 0.329 e. The number of hydrogen-bond donors (Lipinski definition) is 1. The maximum absolute atomic E-state index is 10.8. The molecular formula is C8H14ClNOS. The summed E-state index contributed by atoms with van der Waals surface area (Å²) in [7, 11) is 0. The Balaban J connectivity index is 2.50. The minimum atomic E-state index is -0.332. The Bertz CT molecular complexity index is 184. The molecule has 0 saturated carbocycles. The molecule has 0 bridgehead atoms. The highest BCUT2D eigenvalue weighted by Crippen LogP contribution is 2.28. The van der Waals surface area contributed by atoms with Crippen molar-refractivity contribution in [2.45, 2.75) is 30.9 Å². The van der Waals surface area contributed by atoms with Crippen LogP contribution in [0.1, 0.15) is 26.2 Å². The first kappa shape index (κ1) is 10.2. The molecule has 0 radical (unpaired) electrons. The smallest absolute Gasteiger partial charge is 0.316 e. The quantitative estimate of drug-likeness (QED) is 0.368. The van der Waals surface area contributed by atoms with Gasteiger partial charge in [0.1, 0.15) is 0 Å². The highest BCUT2D eigenvalue weighted by atomic mass is 35.5. The third-order valence-electron chi connectivity index (χ3n) is 2.31. The predicted octanol–water partition coefficient (Wildman–Crippen LogP) is 2.52. The van der Waals surface area contributed by atoms with Crippen molar-refractivity contribution in [3.63, 3.8) is 0 Å². The van der Waals surface area contributed by atoms with Crippen molar-refractivity contribution in [3.05, 3.63) is 0 Å². The average Bonchev–Trinajstić information content (AvgIpc) is 2.10. The zero-order valence-electron chi connectivity index (χ0n) is 7.22.